The Morgan fingerprint density at radius 3 is 2.37 bits per heavy atom. The summed E-state index contributed by atoms with van der Waals surface area (Å²) >= 11 is 4.99. The van der Waals surface area contributed by atoms with Crippen molar-refractivity contribution < 1.29 is 9.59 Å². The number of nitrogens with zero attached hydrogens (tertiary/aromatic N) is 1. The Bertz CT molecular complexity index is 738. The highest BCUT2D eigenvalue weighted by atomic mass is 79.9. The molecule has 144 valence electrons. The van der Waals surface area contributed by atoms with Gasteiger partial charge < -0.3 is 10.2 Å². The first-order valence-corrected chi connectivity index (χ1v) is 10.9. The zero-order valence-electron chi connectivity index (χ0n) is 15.7. The highest BCUT2D eigenvalue weighted by molar-refractivity contribution is 9.10. The van der Waals surface area contributed by atoms with Gasteiger partial charge in [-0.15, -0.1) is 11.8 Å². The minimum absolute atomic E-state index is 0.0280. The Kier molecular flexibility index (Phi) is 8.88. The number of carbonyl (C=O) groups excluding carboxylic acids is 2. The molecular weight excluding hydrogens is 424 g/mol. The lowest BCUT2D eigenvalue weighted by atomic mass is 10.1. The molecule has 27 heavy (non-hydrogen) atoms. The number of hydrogen-bond acceptors (Lipinski definition) is 3. The standard InChI is InChI=1S/C21H25BrN2O2S/c1-3-23-21(26)16(2)24(13-17-7-5-4-6-8-17)20(25)15-27-14-18-9-11-19(22)12-10-18/h4-12,16H,3,13-15H2,1-2H3,(H,23,26)/t16-/m1/s1. The predicted molar refractivity (Wildman–Crippen MR) is 115 cm³/mol. The molecule has 0 aliphatic heterocycles. The van der Waals surface area contributed by atoms with Gasteiger partial charge in [0.1, 0.15) is 6.04 Å². The third-order valence-electron chi connectivity index (χ3n) is 4.12. The summed E-state index contributed by atoms with van der Waals surface area (Å²) in [5.74, 6) is 0.944. The maximum Gasteiger partial charge on any atom is 0.242 e. The number of carbonyl (C=O) groups is 2. The van der Waals surface area contributed by atoms with Crippen LogP contribution in [0.3, 0.4) is 0 Å². The average Bonchev–Trinajstić information content (AvgIpc) is 2.68. The molecule has 1 N–H and O–H groups in total. The summed E-state index contributed by atoms with van der Waals surface area (Å²) in [5.41, 5.74) is 2.18. The fourth-order valence-corrected chi connectivity index (χ4v) is 3.74. The fourth-order valence-electron chi connectivity index (χ4n) is 2.60. The van der Waals surface area contributed by atoms with Crippen LogP contribution in [0.4, 0.5) is 0 Å². The second-order valence-electron chi connectivity index (χ2n) is 6.20. The minimum Gasteiger partial charge on any atom is -0.355 e. The Balaban J connectivity index is 2.00. The van der Waals surface area contributed by atoms with E-state index in [9.17, 15) is 9.59 Å². The molecule has 0 unspecified atom stereocenters. The molecule has 2 aromatic rings. The minimum atomic E-state index is -0.508. The van der Waals surface area contributed by atoms with Crippen molar-refractivity contribution in [2.24, 2.45) is 0 Å². The number of thioether (sulfide) groups is 1. The van der Waals surface area contributed by atoms with Crippen LogP contribution >= 0.6 is 27.7 Å². The summed E-state index contributed by atoms with van der Waals surface area (Å²) in [5, 5.41) is 2.81. The molecule has 6 heteroatoms. The van der Waals surface area contributed by atoms with Crippen LogP contribution in [0, 0.1) is 0 Å². The molecule has 0 radical (unpaired) electrons. The van der Waals surface area contributed by atoms with Gasteiger partial charge in [0.2, 0.25) is 11.8 Å². The normalized spacial score (nSPS) is 11.7. The van der Waals surface area contributed by atoms with Gasteiger partial charge in [0.05, 0.1) is 5.75 Å². The number of nitrogens with one attached hydrogen (secondary N) is 1. The lowest BCUT2D eigenvalue weighted by Crippen LogP contribution is -2.48. The van der Waals surface area contributed by atoms with E-state index < -0.39 is 6.04 Å². The molecule has 0 aliphatic carbocycles. The van der Waals surface area contributed by atoms with E-state index in [-0.39, 0.29) is 11.8 Å². The molecule has 2 amide bonds. The van der Waals surface area contributed by atoms with Crippen LogP contribution in [-0.4, -0.2) is 35.1 Å². The first-order chi connectivity index (χ1) is 13.0. The van der Waals surface area contributed by atoms with E-state index in [2.05, 4.69) is 21.2 Å². The lowest BCUT2D eigenvalue weighted by molar-refractivity contribution is -0.138. The molecule has 0 saturated carbocycles. The van der Waals surface area contributed by atoms with Gasteiger partial charge in [-0.3, -0.25) is 9.59 Å². The van der Waals surface area contributed by atoms with Crippen LogP contribution in [0.5, 0.6) is 0 Å². The lowest BCUT2D eigenvalue weighted by Gasteiger charge is -2.28. The van der Waals surface area contributed by atoms with Crippen molar-refractivity contribution in [3.8, 4) is 0 Å². The van der Waals surface area contributed by atoms with Gasteiger partial charge in [-0.1, -0.05) is 58.4 Å². The topological polar surface area (TPSA) is 49.4 Å². The van der Waals surface area contributed by atoms with Gasteiger partial charge in [-0.25, -0.2) is 0 Å². The predicted octanol–water partition coefficient (Wildman–Crippen LogP) is 4.24. The molecule has 0 aromatic heterocycles. The third kappa shape index (κ3) is 7.03. The quantitative estimate of drug-likeness (QED) is 0.623. The van der Waals surface area contributed by atoms with E-state index in [4.69, 9.17) is 0 Å². The third-order valence-corrected chi connectivity index (χ3v) is 5.64. The smallest absolute Gasteiger partial charge is 0.242 e. The van der Waals surface area contributed by atoms with Gasteiger partial charge >= 0.3 is 0 Å². The largest absolute Gasteiger partial charge is 0.355 e. The van der Waals surface area contributed by atoms with E-state index >= 15 is 0 Å². The van der Waals surface area contributed by atoms with E-state index in [1.54, 1.807) is 23.6 Å². The summed E-state index contributed by atoms with van der Waals surface area (Å²) in [6.45, 7) is 4.64. The van der Waals surface area contributed by atoms with Gasteiger partial charge in [0, 0.05) is 23.3 Å². The monoisotopic (exact) mass is 448 g/mol. The first kappa shape index (κ1) is 21.5. The molecule has 0 aliphatic rings. The number of likely N-dealkylation sites (N-methyl/N-ethyl adjacent to an activating group) is 1. The van der Waals surface area contributed by atoms with Crippen molar-refractivity contribution in [3.63, 3.8) is 0 Å². The Morgan fingerprint density at radius 2 is 1.74 bits per heavy atom. The van der Waals surface area contributed by atoms with Crippen molar-refractivity contribution in [2.75, 3.05) is 12.3 Å². The van der Waals surface area contributed by atoms with E-state index in [0.717, 1.165) is 15.8 Å². The maximum absolute atomic E-state index is 12.9. The molecule has 0 spiro atoms. The van der Waals surface area contributed by atoms with Crippen LogP contribution in [0.25, 0.3) is 0 Å². The summed E-state index contributed by atoms with van der Waals surface area (Å²) in [4.78, 5) is 26.8. The molecular formula is C21H25BrN2O2S. The number of halogens is 1. The number of hydrogen-bond donors (Lipinski definition) is 1. The fraction of sp³-hybridized carbons (Fsp3) is 0.333. The zero-order valence-corrected chi connectivity index (χ0v) is 18.1. The number of rotatable bonds is 9. The van der Waals surface area contributed by atoms with Crippen LogP contribution in [0.1, 0.15) is 25.0 Å². The van der Waals surface area contributed by atoms with Crippen molar-refractivity contribution in [1.29, 1.82) is 0 Å². The molecule has 0 heterocycles. The zero-order chi connectivity index (χ0) is 19.6. The summed E-state index contributed by atoms with van der Waals surface area (Å²) in [6.07, 6.45) is 0. The van der Waals surface area contributed by atoms with Crippen LogP contribution < -0.4 is 5.32 Å². The van der Waals surface area contributed by atoms with Crippen molar-refractivity contribution >= 4 is 39.5 Å². The summed E-state index contributed by atoms with van der Waals surface area (Å²) in [6, 6.07) is 17.3. The Morgan fingerprint density at radius 1 is 1.07 bits per heavy atom. The van der Waals surface area contributed by atoms with Gasteiger partial charge in [-0.05, 0) is 37.1 Å². The Labute approximate surface area is 173 Å². The highest BCUT2D eigenvalue weighted by Gasteiger charge is 2.25. The van der Waals surface area contributed by atoms with Crippen molar-refractivity contribution in [2.45, 2.75) is 32.2 Å². The SMILES string of the molecule is CCNC(=O)[C@@H](C)N(Cc1ccccc1)C(=O)CSCc1ccc(Br)cc1. The molecule has 2 rings (SSSR count). The van der Waals surface area contributed by atoms with Crippen LogP contribution in [-0.2, 0) is 21.9 Å². The van der Waals surface area contributed by atoms with E-state index in [1.165, 1.54) is 5.56 Å². The molecule has 0 bridgehead atoms. The second kappa shape index (κ2) is 11.1. The first-order valence-electron chi connectivity index (χ1n) is 8.94. The summed E-state index contributed by atoms with van der Waals surface area (Å²) < 4.78 is 1.04. The number of benzene rings is 2. The molecule has 1 atom stereocenters. The molecule has 2 aromatic carbocycles. The Hall–Kier alpha value is -1.79. The average molecular weight is 449 g/mol. The van der Waals surface area contributed by atoms with Crippen LogP contribution in [0.2, 0.25) is 0 Å². The van der Waals surface area contributed by atoms with Crippen LogP contribution in [0.15, 0.2) is 59.1 Å². The molecule has 0 fully saturated rings. The molecule has 4 nitrogen and oxygen atoms in total. The molecule has 0 saturated heterocycles. The van der Waals surface area contributed by atoms with Gasteiger partial charge in [0.25, 0.3) is 0 Å². The van der Waals surface area contributed by atoms with Crippen molar-refractivity contribution in [3.05, 3.63) is 70.2 Å². The van der Waals surface area contributed by atoms with Gasteiger partial charge in [-0.2, -0.15) is 0 Å². The maximum atomic E-state index is 12.9. The second-order valence-corrected chi connectivity index (χ2v) is 8.10. The van der Waals surface area contributed by atoms with E-state index in [0.29, 0.717) is 18.8 Å². The highest BCUT2D eigenvalue weighted by Crippen LogP contribution is 2.18. The van der Waals surface area contributed by atoms with E-state index in [1.807, 2.05) is 61.5 Å². The van der Waals surface area contributed by atoms with Crippen molar-refractivity contribution in [1.82, 2.24) is 10.2 Å². The number of amides is 2. The van der Waals surface area contributed by atoms with Gasteiger partial charge in [0.15, 0.2) is 0 Å². The summed E-state index contributed by atoms with van der Waals surface area (Å²) in [7, 11) is 0.